The van der Waals surface area contributed by atoms with Crippen LogP contribution in [0.3, 0.4) is 0 Å². The normalized spacial score (nSPS) is 10.9. The number of anilines is 2. The molecule has 180 valence electrons. The molecule has 9 nitrogen and oxygen atoms in total. The Kier molecular flexibility index (Phi) is 5.75. The highest BCUT2D eigenvalue weighted by atomic mass is 32.1. The van der Waals surface area contributed by atoms with Crippen molar-refractivity contribution < 1.29 is 9.53 Å². The van der Waals surface area contributed by atoms with Gasteiger partial charge in [-0.05, 0) is 48.5 Å². The number of hydrogen-bond acceptors (Lipinski definition) is 8. The van der Waals surface area contributed by atoms with Crippen molar-refractivity contribution in [3.8, 4) is 34.0 Å². The Bertz CT molecular complexity index is 1700. The van der Waals surface area contributed by atoms with E-state index in [-0.39, 0.29) is 5.91 Å². The van der Waals surface area contributed by atoms with Crippen LogP contribution in [0.15, 0.2) is 90.4 Å². The molecule has 0 spiro atoms. The summed E-state index contributed by atoms with van der Waals surface area (Å²) in [5, 5.41) is 18.8. The highest BCUT2D eigenvalue weighted by Gasteiger charge is 2.19. The molecule has 10 heteroatoms. The number of nitrogens with two attached hydrogens (primary N) is 1. The summed E-state index contributed by atoms with van der Waals surface area (Å²) in [5.41, 5.74) is 11.7. The number of rotatable bonds is 6. The maximum Gasteiger partial charge on any atom is 0.258 e. The molecule has 0 aliphatic rings. The highest BCUT2D eigenvalue weighted by Crippen LogP contribution is 2.35. The first-order valence-electron chi connectivity index (χ1n) is 11.3. The monoisotopic (exact) mass is 505 g/mol. The van der Waals surface area contributed by atoms with Crippen LogP contribution in [0.2, 0.25) is 0 Å². The van der Waals surface area contributed by atoms with E-state index in [2.05, 4.69) is 25.7 Å². The molecule has 0 saturated carbocycles. The van der Waals surface area contributed by atoms with E-state index in [1.54, 1.807) is 17.6 Å². The molecule has 37 heavy (non-hydrogen) atoms. The molecule has 0 atom stereocenters. The number of aromatic nitrogens is 5. The summed E-state index contributed by atoms with van der Waals surface area (Å²) >= 11 is 1.25. The van der Waals surface area contributed by atoms with Crippen LogP contribution in [-0.2, 0) is 0 Å². The van der Waals surface area contributed by atoms with Gasteiger partial charge in [-0.1, -0.05) is 47.7 Å². The van der Waals surface area contributed by atoms with Crippen molar-refractivity contribution in [2.24, 2.45) is 0 Å². The van der Waals surface area contributed by atoms with E-state index in [0.717, 1.165) is 11.3 Å². The zero-order chi connectivity index (χ0) is 25.2. The number of pyridine rings is 1. The van der Waals surface area contributed by atoms with Crippen molar-refractivity contribution in [2.75, 3.05) is 11.1 Å². The van der Waals surface area contributed by atoms with Gasteiger partial charge in [0.15, 0.2) is 5.82 Å². The lowest BCUT2D eigenvalue weighted by molar-refractivity contribution is 0.102. The van der Waals surface area contributed by atoms with Crippen LogP contribution in [0.25, 0.3) is 33.4 Å². The maximum atomic E-state index is 13.1. The molecular weight excluding hydrogens is 486 g/mol. The van der Waals surface area contributed by atoms with Gasteiger partial charge in [0.25, 0.3) is 5.91 Å². The topological polar surface area (TPSA) is 132 Å². The molecule has 0 bridgehead atoms. The quantitative estimate of drug-likeness (QED) is 0.262. The minimum Gasteiger partial charge on any atom is -0.457 e. The fraction of sp³-hybridized carbons (Fsp3) is 0. The summed E-state index contributed by atoms with van der Waals surface area (Å²) < 4.78 is 5.93. The molecule has 0 radical (unpaired) electrons. The highest BCUT2D eigenvalue weighted by molar-refractivity contribution is 7.13. The number of benzene rings is 3. The number of amides is 1. The summed E-state index contributed by atoms with van der Waals surface area (Å²) in [6.45, 7) is 0. The average Bonchev–Trinajstić information content (AvgIpc) is 3.59. The summed E-state index contributed by atoms with van der Waals surface area (Å²) in [5.74, 6) is 1.49. The van der Waals surface area contributed by atoms with Gasteiger partial charge in [-0.2, -0.15) is 5.10 Å². The van der Waals surface area contributed by atoms with Crippen molar-refractivity contribution >= 4 is 39.1 Å². The number of hydrogen-bond donors (Lipinski definition) is 3. The second-order valence-corrected chi connectivity index (χ2v) is 8.90. The largest absolute Gasteiger partial charge is 0.457 e. The number of carbonyl (C=O) groups excluding carboxylic acids is 1. The maximum absolute atomic E-state index is 13.1. The number of nitrogens with one attached hydrogen (secondary N) is 2. The summed E-state index contributed by atoms with van der Waals surface area (Å²) in [7, 11) is 0. The predicted molar refractivity (Wildman–Crippen MR) is 144 cm³/mol. The van der Waals surface area contributed by atoms with Gasteiger partial charge in [-0.3, -0.25) is 15.2 Å². The zero-order valence-corrected chi connectivity index (χ0v) is 20.1. The molecular formula is C27H19N7O2S. The molecule has 3 aromatic heterocycles. The predicted octanol–water partition coefficient (Wildman–Crippen LogP) is 5.77. The number of aromatic amines is 1. The summed E-state index contributed by atoms with van der Waals surface area (Å²) in [6.07, 6.45) is 0. The van der Waals surface area contributed by atoms with Gasteiger partial charge in [0.05, 0.1) is 22.3 Å². The standard InChI is InChI=1S/C27H19N7O2S/c28-25-23-22(32-33-25)14-21(19-8-4-5-9-20(19)26(35)31-27-34-29-15-37-27)30-24(23)16-10-12-18(13-11-16)36-17-6-2-1-3-7-17/h1-15H,(H3,28,32,33)(H,31,34,35). The van der Waals surface area contributed by atoms with Crippen molar-refractivity contribution in [3.63, 3.8) is 0 Å². The molecule has 0 aliphatic carbocycles. The lowest BCUT2D eigenvalue weighted by Gasteiger charge is -2.12. The molecule has 6 aromatic rings. The van der Waals surface area contributed by atoms with Crippen molar-refractivity contribution in [3.05, 3.63) is 96.0 Å². The number of nitrogens with zero attached hydrogens (tertiary/aromatic N) is 4. The lowest BCUT2D eigenvalue weighted by atomic mass is 10.0. The number of carbonyl (C=O) groups is 1. The van der Waals surface area contributed by atoms with Gasteiger partial charge in [0.2, 0.25) is 5.13 Å². The first-order chi connectivity index (χ1) is 18.2. The van der Waals surface area contributed by atoms with Crippen LogP contribution >= 0.6 is 11.3 Å². The molecule has 6 rings (SSSR count). The molecule has 3 heterocycles. The van der Waals surface area contributed by atoms with E-state index in [1.807, 2.05) is 72.8 Å². The zero-order valence-electron chi connectivity index (χ0n) is 19.3. The Morgan fingerprint density at radius 2 is 1.70 bits per heavy atom. The van der Waals surface area contributed by atoms with E-state index in [1.165, 1.54) is 11.3 Å². The number of ether oxygens (including phenoxy) is 1. The third-order valence-electron chi connectivity index (χ3n) is 5.71. The van der Waals surface area contributed by atoms with E-state index in [0.29, 0.717) is 50.1 Å². The molecule has 4 N–H and O–H groups in total. The lowest BCUT2D eigenvalue weighted by Crippen LogP contribution is -2.13. The first-order valence-corrected chi connectivity index (χ1v) is 12.2. The second kappa shape index (κ2) is 9.51. The Morgan fingerprint density at radius 1 is 0.946 bits per heavy atom. The van der Waals surface area contributed by atoms with Crippen molar-refractivity contribution in [1.29, 1.82) is 0 Å². The smallest absolute Gasteiger partial charge is 0.258 e. The minimum atomic E-state index is -0.303. The Morgan fingerprint density at radius 3 is 2.49 bits per heavy atom. The van der Waals surface area contributed by atoms with Crippen LogP contribution in [-0.4, -0.2) is 31.3 Å². The molecule has 0 aliphatic heterocycles. The minimum absolute atomic E-state index is 0.303. The summed E-state index contributed by atoms with van der Waals surface area (Å²) in [4.78, 5) is 18.0. The third-order valence-corrected chi connectivity index (χ3v) is 6.31. The van der Waals surface area contributed by atoms with Crippen LogP contribution in [0, 0.1) is 0 Å². The SMILES string of the molecule is Nc1n[nH]c2cc(-c3ccccc3C(=O)Nc3nncs3)nc(-c3ccc(Oc4ccccc4)cc3)c12. The van der Waals surface area contributed by atoms with Gasteiger partial charge in [0.1, 0.15) is 17.0 Å². The van der Waals surface area contributed by atoms with Gasteiger partial charge in [-0.25, -0.2) is 4.98 Å². The number of fused-ring (bicyclic) bond motifs is 1. The van der Waals surface area contributed by atoms with Gasteiger partial charge < -0.3 is 10.5 Å². The Balaban J connectivity index is 1.41. The van der Waals surface area contributed by atoms with E-state index in [9.17, 15) is 4.79 Å². The molecule has 3 aromatic carbocycles. The average molecular weight is 506 g/mol. The van der Waals surface area contributed by atoms with Crippen LogP contribution in [0.4, 0.5) is 10.9 Å². The van der Waals surface area contributed by atoms with Crippen molar-refractivity contribution in [2.45, 2.75) is 0 Å². The van der Waals surface area contributed by atoms with Crippen molar-refractivity contribution in [1.82, 2.24) is 25.4 Å². The molecule has 0 saturated heterocycles. The van der Waals surface area contributed by atoms with Gasteiger partial charge in [-0.15, -0.1) is 10.2 Å². The van der Waals surface area contributed by atoms with E-state index >= 15 is 0 Å². The van der Waals surface area contributed by atoms with Crippen LogP contribution in [0.5, 0.6) is 11.5 Å². The van der Waals surface area contributed by atoms with Gasteiger partial charge in [0, 0.05) is 16.7 Å². The number of para-hydroxylation sites is 1. The summed E-state index contributed by atoms with van der Waals surface area (Å²) in [6, 6.07) is 26.3. The van der Waals surface area contributed by atoms with Crippen LogP contribution in [0.1, 0.15) is 10.4 Å². The Labute approximate surface area is 215 Å². The van der Waals surface area contributed by atoms with E-state index < -0.39 is 0 Å². The fourth-order valence-electron chi connectivity index (χ4n) is 4.02. The fourth-order valence-corrected chi connectivity index (χ4v) is 4.46. The number of nitrogen functional groups attached to an aromatic ring is 1. The second-order valence-electron chi connectivity index (χ2n) is 8.07. The molecule has 0 unspecified atom stereocenters. The van der Waals surface area contributed by atoms with Gasteiger partial charge >= 0.3 is 0 Å². The Hall–Kier alpha value is -5.09. The number of H-pyrrole nitrogens is 1. The third kappa shape index (κ3) is 4.48. The van der Waals surface area contributed by atoms with E-state index in [4.69, 9.17) is 15.5 Å². The first kappa shape index (κ1) is 22.4. The molecule has 1 amide bonds. The van der Waals surface area contributed by atoms with Crippen LogP contribution < -0.4 is 15.8 Å². The molecule has 0 fully saturated rings.